The topological polar surface area (TPSA) is 136 Å². The highest BCUT2D eigenvalue weighted by atomic mass is 16.5. The number of nitrogens with two attached hydrogens (primary N) is 1. The summed E-state index contributed by atoms with van der Waals surface area (Å²) in [4.78, 5) is 41.0. The first kappa shape index (κ1) is 21.4. The molecule has 0 spiro atoms. The molecule has 3 heterocycles. The van der Waals surface area contributed by atoms with Crippen LogP contribution in [0.1, 0.15) is 13.3 Å². The molecule has 0 bridgehead atoms. The average Bonchev–Trinajstić information content (AvgIpc) is 2.77. The van der Waals surface area contributed by atoms with Crippen LogP contribution >= 0.6 is 0 Å². The number of aromatic nitrogens is 3. The van der Waals surface area contributed by atoms with Crippen molar-refractivity contribution in [3.8, 4) is 0 Å². The molecule has 2 aromatic rings. The predicted molar refractivity (Wildman–Crippen MR) is 114 cm³/mol. The van der Waals surface area contributed by atoms with Gasteiger partial charge in [-0.3, -0.25) is 9.59 Å². The van der Waals surface area contributed by atoms with Crippen LogP contribution in [0.25, 0.3) is 0 Å². The Labute approximate surface area is 177 Å². The molecule has 1 aliphatic rings. The van der Waals surface area contributed by atoms with Gasteiger partial charge < -0.3 is 30.3 Å². The van der Waals surface area contributed by atoms with Gasteiger partial charge in [0.15, 0.2) is 11.5 Å². The largest absolute Gasteiger partial charge is 0.382 e. The van der Waals surface area contributed by atoms with E-state index in [-0.39, 0.29) is 26.9 Å². The molecule has 1 saturated heterocycles. The molecule has 3 rings (SSSR count). The summed E-state index contributed by atoms with van der Waals surface area (Å²) in [5.74, 6) is 0.411. The number of rotatable bonds is 8. The summed E-state index contributed by atoms with van der Waals surface area (Å²) in [7, 11) is 1.58. The highest BCUT2D eigenvalue weighted by Crippen LogP contribution is 2.17. The van der Waals surface area contributed by atoms with Crippen LogP contribution in [0, 0.1) is 0 Å². The highest BCUT2D eigenvalue weighted by Gasteiger charge is 2.23. The van der Waals surface area contributed by atoms with Crippen molar-refractivity contribution in [2.75, 3.05) is 69.1 Å². The summed E-state index contributed by atoms with van der Waals surface area (Å²) < 4.78 is 10.2. The minimum atomic E-state index is -0.484. The summed E-state index contributed by atoms with van der Waals surface area (Å²) in [6, 6.07) is 5.18. The van der Waals surface area contributed by atoms with E-state index in [4.69, 9.17) is 15.2 Å². The standard InChI is InChI=1S/C19H25N7O4.2H2/c1-29-10-11-30-13-16(27)26-8-6-25(7-9-26)15-12-22-18(20)17(24-15)19(28)23-14-4-2-3-5-21-14;;/h2-5,12H,6-11,13H2,1H3,(H2,20,22)(H,21,23,28);2*1H. The number of hydrogen-bond acceptors (Lipinski definition) is 9. The maximum absolute atomic E-state index is 12.5. The molecule has 0 saturated carbocycles. The lowest BCUT2D eigenvalue weighted by Crippen LogP contribution is -2.50. The van der Waals surface area contributed by atoms with Crippen LogP contribution in [0.5, 0.6) is 0 Å². The summed E-state index contributed by atoms with van der Waals surface area (Å²) >= 11 is 0. The van der Waals surface area contributed by atoms with Crippen molar-refractivity contribution in [2.24, 2.45) is 0 Å². The van der Waals surface area contributed by atoms with E-state index in [0.29, 0.717) is 51.0 Å². The zero-order chi connectivity index (χ0) is 21.3. The van der Waals surface area contributed by atoms with Crippen LogP contribution in [-0.2, 0) is 14.3 Å². The van der Waals surface area contributed by atoms with Crippen LogP contribution in [0.4, 0.5) is 17.5 Å². The van der Waals surface area contributed by atoms with Gasteiger partial charge in [-0.05, 0) is 12.1 Å². The Morgan fingerprint density at radius 2 is 2.00 bits per heavy atom. The van der Waals surface area contributed by atoms with Crippen molar-refractivity contribution in [2.45, 2.75) is 0 Å². The monoisotopic (exact) mass is 419 g/mol. The normalized spacial score (nSPS) is 13.9. The predicted octanol–water partition coefficient (Wildman–Crippen LogP) is 0.510. The number of nitrogens with one attached hydrogen (secondary N) is 1. The summed E-state index contributed by atoms with van der Waals surface area (Å²) in [6.07, 6.45) is 3.10. The van der Waals surface area contributed by atoms with Gasteiger partial charge in [0.25, 0.3) is 5.91 Å². The van der Waals surface area contributed by atoms with Gasteiger partial charge in [0.1, 0.15) is 18.2 Å². The zero-order valence-corrected chi connectivity index (χ0v) is 16.8. The molecule has 0 aliphatic carbocycles. The SMILES string of the molecule is COCCOCC(=O)N1CCN(c2cnc(N)c(C(=O)Nc3ccccn3)n2)CC1.[HH].[HH]. The van der Waals surface area contributed by atoms with E-state index in [9.17, 15) is 9.59 Å². The third-order valence-corrected chi connectivity index (χ3v) is 4.52. The van der Waals surface area contributed by atoms with E-state index >= 15 is 0 Å². The fourth-order valence-corrected chi connectivity index (χ4v) is 2.90. The molecule has 2 amide bonds. The molecule has 0 radical (unpaired) electrons. The number of nitrogen functional groups attached to an aromatic ring is 1. The Bertz CT molecular complexity index is 868. The summed E-state index contributed by atoms with van der Waals surface area (Å²) in [5.41, 5.74) is 5.89. The smallest absolute Gasteiger partial charge is 0.279 e. The van der Waals surface area contributed by atoms with Crippen LogP contribution in [-0.4, -0.2) is 84.8 Å². The second kappa shape index (κ2) is 10.5. The number of nitrogens with zero attached hydrogens (tertiary/aromatic N) is 5. The molecule has 30 heavy (non-hydrogen) atoms. The van der Waals surface area contributed by atoms with Crippen LogP contribution in [0.2, 0.25) is 0 Å². The van der Waals surface area contributed by atoms with E-state index < -0.39 is 5.91 Å². The van der Waals surface area contributed by atoms with Gasteiger partial charge >= 0.3 is 0 Å². The number of hydrogen-bond donors (Lipinski definition) is 2. The van der Waals surface area contributed by atoms with Crippen LogP contribution < -0.4 is 16.0 Å². The van der Waals surface area contributed by atoms with E-state index in [1.807, 2.05) is 4.90 Å². The van der Waals surface area contributed by atoms with Crippen molar-refractivity contribution < 1.29 is 21.9 Å². The number of methoxy groups -OCH3 is 1. The molecular weight excluding hydrogens is 390 g/mol. The molecule has 164 valence electrons. The first-order chi connectivity index (χ1) is 14.6. The van der Waals surface area contributed by atoms with Gasteiger partial charge in [0, 0.05) is 42.3 Å². The lowest BCUT2D eigenvalue weighted by molar-refractivity contribution is -0.136. The van der Waals surface area contributed by atoms with Crippen molar-refractivity contribution in [3.63, 3.8) is 0 Å². The molecule has 0 atom stereocenters. The van der Waals surface area contributed by atoms with Crippen molar-refractivity contribution >= 4 is 29.3 Å². The lowest BCUT2D eigenvalue weighted by Gasteiger charge is -2.35. The Kier molecular flexibility index (Phi) is 7.46. The zero-order valence-electron chi connectivity index (χ0n) is 16.8. The second-order valence-electron chi connectivity index (χ2n) is 6.54. The number of carbonyl (C=O) groups is 2. The second-order valence-corrected chi connectivity index (χ2v) is 6.54. The van der Waals surface area contributed by atoms with E-state index in [1.54, 1.807) is 36.4 Å². The molecule has 1 fully saturated rings. The van der Waals surface area contributed by atoms with Gasteiger partial charge in [-0.15, -0.1) is 0 Å². The maximum atomic E-state index is 12.5. The van der Waals surface area contributed by atoms with Gasteiger partial charge in [0.2, 0.25) is 5.91 Å². The van der Waals surface area contributed by atoms with Crippen LogP contribution in [0.3, 0.4) is 0 Å². The highest BCUT2D eigenvalue weighted by molar-refractivity contribution is 6.05. The molecular formula is C19H29N7O4. The van der Waals surface area contributed by atoms with Gasteiger partial charge in [0.05, 0.1) is 19.4 Å². The fraction of sp³-hybridized carbons (Fsp3) is 0.421. The molecule has 0 aromatic carbocycles. The van der Waals surface area contributed by atoms with Crippen LogP contribution in [0.15, 0.2) is 30.6 Å². The summed E-state index contributed by atoms with van der Waals surface area (Å²) in [5, 5.41) is 2.65. The molecule has 11 nitrogen and oxygen atoms in total. The van der Waals surface area contributed by atoms with Gasteiger partial charge in [-0.2, -0.15) is 0 Å². The third-order valence-electron chi connectivity index (χ3n) is 4.52. The van der Waals surface area contributed by atoms with Crippen molar-refractivity contribution in [1.82, 2.24) is 19.9 Å². The molecule has 2 aromatic heterocycles. The minimum Gasteiger partial charge on any atom is -0.382 e. The molecule has 3 N–H and O–H groups in total. The fourth-order valence-electron chi connectivity index (χ4n) is 2.90. The van der Waals surface area contributed by atoms with Crippen molar-refractivity contribution in [1.29, 1.82) is 0 Å². The number of amides is 2. The lowest BCUT2D eigenvalue weighted by atomic mass is 10.3. The van der Waals surface area contributed by atoms with E-state index in [2.05, 4.69) is 20.3 Å². The minimum absolute atomic E-state index is 0. The first-order valence-corrected chi connectivity index (χ1v) is 9.53. The average molecular weight is 419 g/mol. The number of piperazine rings is 1. The number of ether oxygens (including phenoxy) is 2. The Morgan fingerprint density at radius 3 is 2.70 bits per heavy atom. The summed E-state index contributed by atoms with van der Waals surface area (Å²) in [6.45, 7) is 3.03. The Hall–Kier alpha value is -3.31. The third kappa shape index (κ3) is 5.61. The number of carbonyl (C=O) groups excluding carboxylic acids is 2. The molecule has 11 heteroatoms. The van der Waals surface area contributed by atoms with Crippen molar-refractivity contribution in [3.05, 3.63) is 36.3 Å². The molecule has 0 unspecified atom stereocenters. The molecule has 1 aliphatic heterocycles. The first-order valence-electron chi connectivity index (χ1n) is 9.53. The Balaban J connectivity index is 0.00000256. The van der Waals surface area contributed by atoms with E-state index in [0.717, 1.165) is 0 Å². The number of pyridine rings is 1. The quantitative estimate of drug-likeness (QED) is 0.586. The number of anilines is 3. The van der Waals surface area contributed by atoms with Gasteiger partial charge in [-0.1, -0.05) is 6.07 Å². The van der Waals surface area contributed by atoms with E-state index in [1.165, 1.54) is 6.20 Å². The Morgan fingerprint density at radius 1 is 1.20 bits per heavy atom. The van der Waals surface area contributed by atoms with Gasteiger partial charge in [-0.25, -0.2) is 15.0 Å². The maximum Gasteiger partial charge on any atom is 0.279 e.